The first-order chi connectivity index (χ1) is 18.0. The van der Waals surface area contributed by atoms with Crippen molar-refractivity contribution in [3.05, 3.63) is 47.2 Å². The molecule has 3 aromatic rings. The molecule has 0 atom stereocenters. The SMILES string of the molecule is CN=Cc1c(N2CCN(C(=O)OC(C)(C)C)CC2)ccc(C(=O)Nc2cc(F)c3nc(CO)nn3c2)c1N. The molecule has 0 bridgehead atoms. The largest absolute Gasteiger partial charge is 0.444 e. The molecule has 4 N–H and O–H groups in total. The summed E-state index contributed by atoms with van der Waals surface area (Å²) >= 11 is 0. The van der Waals surface area contributed by atoms with E-state index in [1.807, 2.05) is 20.8 Å². The number of carbonyl (C=O) groups excluding carboxylic acids is 2. The molecule has 0 radical (unpaired) electrons. The van der Waals surface area contributed by atoms with Crippen LogP contribution >= 0.6 is 0 Å². The van der Waals surface area contributed by atoms with Crippen molar-refractivity contribution in [2.75, 3.05) is 49.2 Å². The van der Waals surface area contributed by atoms with Crippen LogP contribution in [0.25, 0.3) is 5.65 Å². The Kier molecular flexibility index (Phi) is 7.49. The van der Waals surface area contributed by atoms with Crippen LogP contribution in [0.1, 0.15) is 42.5 Å². The summed E-state index contributed by atoms with van der Waals surface area (Å²) in [5.41, 5.74) is 7.67. The van der Waals surface area contributed by atoms with E-state index in [-0.39, 0.29) is 34.5 Å². The Morgan fingerprint density at radius 1 is 1.26 bits per heavy atom. The predicted molar refractivity (Wildman–Crippen MR) is 141 cm³/mol. The number of ether oxygens (including phenoxy) is 1. The summed E-state index contributed by atoms with van der Waals surface area (Å²) < 4.78 is 21.1. The van der Waals surface area contributed by atoms with Gasteiger partial charge in [0.25, 0.3) is 5.91 Å². The van der Waals surface area contributed by atoms with E-state index in [0.717, 1.165) is 16.3 Å². The molecule has 12 nitrogen and oxygen atoms in total. The monoisotopic (exact) mass is 526 g/mol. The van der Waals surface area contributed by atoms with Gasteiger partial charge < -0.3 is 30.7 Å². The lowest BCUT2D eigenvalue weighted by Gasteiger charge is -2.37. The number of piperazine rings is 1. The molecular weight excluding hydrogens is 495 g/mol. The Bertz CT molecular complexity index is 1390. The number of nitrogen functional groups attached to an aromatic ring is 1. The lowest BCUT2D eigenvalue weighted by Crippen LogP contribution is -2.50. The lowest BCUT2D eigenvalue weighted by molar-refractivity contribution is 0.0240. The number of carbonyl (C=O) groups is 2. The Hall–Kier alpha value is -4.26. The van der Waals surface area contributed by atoms with E-state index >= 15 is 0 Å². The molecular formula is C25H31FN8O4. The van der Waals surface area contributed by atoms with Crippen LogP contribution < -0.4 is 16.0 Å². The maximum absolute atomic E-state index is 14.5. The fraction of sp³-hybridized carbons (Fsp3) is 0.400. The van der Waals surface area contributed by atoms with Gasteiger partial charge in [-0.15, -0.1) is 5.10 Å². The summed E-state index contributed by atoms with van der Waals surface area (Å²) in [5.74, 6) is -1.19. The minimum Gasteiger partial charge on any atom is -0.444 e. The molecule has 0 aliphatic carbocycles. The highest BCUT2D eigenvalue weighted by molar-refractivity contribution is 6.11. The zero-order valence-electron chi connectivity index (χ0n) is 21.7. The van der Waals surface area contributed by atoms with E-state index in [1.165, 1.54) is 6.20 Å². The molecule has 3 heterocycles. The summed E-state index contributed by atoms with van der Waals surface area (Å²) in [6, 6.07) is 4.49. The molecule has 202 valence electrons. The van der Waals surface area contributed by atoms with E-state index in [0.29, 0.717) is 31.7 Å². The first-order valence-electron chi connectivity index (χ1n) is 12.0. The van der Waals surface area contributed by atoms with Crippen LogP contribution in [0, 0.1) is 5.82 Å². The average molecular weight is 527 g/mol. The van der Waals surface area contributed by atoms with Gasteiger partial charge >= 0.3 is 6.09 Å². The predicted octanol–water partition coefficient (Wildman–Crippen LogP) is 2.30. The summed E-state index contributed by atoms with van der Waals surface area (Å²) in [4.78, 5) is 37.3. The van der Waals surface area contributed by atoms with Crippen LogP contribution in [-0.2, 0) is 11.3 Å². The number of aromatic nitrogens is 3. The number of aliphatic hydroxyl groups is 1. The highest BCUT2D eigenvalue weighted by Gasteiger charge is 2.27. The average Bonchev–Trinajstić information content (AvgIpc) is 3.28. The van der Waals surface area contributed by atoms with Gasteiger partial charge in [-0.2, -0.15) is 0 Å². The van der Waals surface area contributed by atoms with Gasteiger partial charge in [0.1, 0.15) is 12.2 Å². The molecule has 2 aromatic heterocycles. The van der Waals surface area contributed by atoms with Crippen molar-refractivity contribution >= 4 is 40.9 Å². The number of hydrogen-bond acceptors (Lipinski definition) is 9. The second-order valence-electron chi connectivity index (χ2n) is 9.79. The fourth-order valence-corrected chi connectivity index (χ4v) is 4.14. The molecule has 1 aliphatic rings. The number of nitrogens with two attached hydrogens (primary N) is 1. The number of nitrogens with zero attached hydrogens (tertiary/aromatic N) is 6. The van der Waals surface area contributed by atoms with E-state index in [2.05, 4.69) is 25.3 Å². The molecule has 1 aliphatic heterocycles. The maximum Gasteiger partial charge on any atom is 0.410 e. The van der Waals surface area contributed by atoms with Crippen molar-refractivity contribution in [2.24, 2.45) is 4.99 Å². The maximum atomic E-state index is 14.5. The molecule has 1 fully saturated rings. The van der Waals surface area contributed by atoms with Gasteiger partial charge in [-0.05, 0) is 32.9 Å². The van der Waals surface area contributed by atoms with Crippen LogP contribution in [0.4, 0.5) is 26.2 Å². The molecule has 13 heteroatoms. The number of rotatable bonds is 5. The van der Waals surface area contributed by atoms with Gasteiger partial charge in [-0.25, -0.2) is 18.7 Å². The highest BCUT2D eigenvalue weighted by Crippen LogP contribution is 2.30. The minimum atomic E-state index is -0.706. The summed E-state index contributed by atoms with van der Waals surface area (Å²) in [6.45, 7) is 7.06. The second-order valence-corrected chi connectivity index (χ2v) is 9.79. The molecule has 0 unspecified atom stereocenters. The first-order valence-corrected chi connectivity index (χ1v) is 12.0. The van der Waals surface area contributed by atoms with Crippen molar-refractivity contribution < 1.29 is 23.8 Å². The third-order valence-corrected chi connectivity index (χ3v) is 5.87. The van der Waals surface area contributed by atoms with Crippen LogP contribution in [0.3, 0.4) is 0 Å². The van der Waals surface area contributed by atoms with E-state index in [4.69, 9.17) is 10.5 Å². The standard InChI is InChI=1S/C25H31FN8O4/c1-25(2,3)38-24(37)33-9-7-32(8-10-33)19-6-5-16(21(27)17(19)12-28-4)23(36)29-15-11-18(26)22-30-20(14-35)31-34(22)13-15/h5-6,11-13,35H,7-10,14,27H2,1-4H3,(H,29,36). The Morgan fingerprint density at radius 3 is 2.61 bits per heavy atom. The van der Waals surface area contributed by atoms with Gasteiger partial charge in [-0.3, -0.25) is 9.79 Å². The number of amides is 2. The van der Waals surface area contributed by atoms with Crippen LogP contribution in [-0.4, -0.2) is 81.6 Å². The molecule has 1 saturated heterocycles. The summed E-state index contributed by atoms with van der Waals surface area (Å²) in [5, 5.41) is 15.8. The summed E-state index contributed by atoms with van der Waals surface area (Å²) in [7, 11) is 1.60. The van der Waals surface area contributed by atoms with E-state index < -0.39 is 23.9 Å². The van der Waals surface area contributed by atoms with Crippen LogP contribution in [0.2, 0.25) is 0 Å². The van der Waals surface area contributed by atoms with Gasteiger partial charge in [0.05, 0.1) is 23.1 Å². The number of halogens is 1. The Labute approximate surface area is 218 Å². The second kappa shape index (κ2) is 10.6. The number of aliphatic hydroxyl groups excluding tert-OH is 1. The normalized spacial score (nSPS) is 14.4. The molecule has 2 amide bonds. The molecule has 1 aromatic carbocycles. The van der Waals surface area contributed by atoms with Crippen molar-refractivity contribution in [3.8, 4) is 0 Å². The van der Waals surface area contributed by atoms with Gasteiger partial charge in [0, 0.05) is 56.8 Å². The van der Waals surface area contributed by atoms with Gasteiger partial charge in [0.15, 0.2) is 17.3 Å². The lowest BCUT2D eigenvalue weighted by atomic mass is 10.0. The van der Waals surface area contributed by atoms with Crippen LogP contribution in [0.15, 0.2) is 29.4 Å². The third kappa shape index (κ3) is 5.67. The van der Waals surface area contributed by atoms with Gasteiger partial charge in [0.2, 0.25) is 0 Å². The number of hydrogen-bond donors (Lipinski definition) is 3. The highest BCUT2D eigenvalue weighted by atomic mass is 19.1. The first kappa shape index (κ1) is 26.8. The quantitative estimate of drug-likeness (QED) is 0.339. The van der Waals surface area contributed by atoms with Crippen molar-refractivity contribution in [1.29, 1.82) is 0 Å². The zero-order chi connectivity index (χ0) is 27.6. The molecule has 4 rings (SSSR count). The van der Waals surface area contributed by atoms with E-state index in [9.17, 15) is 19.1 Å². The number of benzene rings is 1. The minimum absolute atomic E-state index is 0.0580. The third-order valence-electron chi connectivity index (χ3n) is 5.87. The molecule has 38 heavy (non-hydrogen) atoms. The van der Waals surface area contributed by atoms with Crippen molar-refractivity contribution in [2.45, 2.75) is 33.0 Å². The number of aliphatic imine (C=N–C) groups is 1. The number of nitrogens with one attached hydrogen (secondary N) is 1. The fourth-order valence-electron chi connectivity index (χ4n) is 4.14. The smallest absolute Gasteiger partial charge is 0.410 e. The van der Waals surface area contributed by atoms with E-state index in [1.54, 1.807) is 30.3 Å². The number of pyridine rings is 1. The number of anilines is 3. The molecule has 0 spiro atoms. The van der Waals surface area contributed by atoms with Crippen molar-refractivity contribution in [1.82, 2.24) is 19.5 Å². The van der Waals surface area contributed by atoms with Crippen LogP contribution in [0.5, 0.6) is 0 Å². The number of fused-ring (bicyclic) bond motifs is 1. The molecule has 0 saturated carbocycles. The van der Waals surface area contributed by atoms with Gasteiger partial charge in [-0.1, -0.05) is 0 Å². The van der Waals surface area contributed by atoms with Crippen molar-refractivity contribution in [3.63, 3.8) is 0 Å². The topological polar surface area (TPSA) is 151 Å². The zero-order valence-corrected chi connectivity index (χ0v) is 21.7. The Morgan fingerprint density at radius 2 is 1.97 bits per heavy atom. The summed E-state index contributed by atoms with van der Waals surface area (Å²) in [6.07, 6.45) is 2.62. The Balaban J connectivity index is 1.53.